The number of hydrogen-bond acceptors (Lipinski definition) is 5. The smallest absolute Gasteiger partial charge is 0.308 e. The third-order valence-corrected chi connectivity index (χ3v) is 5.51. The highest BCUT2D eigenvalue weighted by molar-refractivity contribution is 7.87. The molecule has 0 unspecified atom stereocenters. The van der Waals surface area contributed by atoms with Gasteiger partial charge in [-0.15, -0.1) is 0 Å². The number of amides is 1. The van der Waals surface area contributed by atoms with Crippen molar-refractivity contribution in [1.29, 1.82) is 0 Å². The van der Waals surface area contributed by atoms with Gasteiger partial charge in [0, 0.05) is 35.8 Å². The Morgan fingerprint density at radius 2 is 1.86 bits per heavy atom. The molecule has 0 N–H and O–H groups in total. The van der Waals surface area contributed by atoms with Gasteiger partial charge in [0.05, 0.1) is 5.75 Å². The van der Waals surface area contributed by atoms with E-state index < -0.39 is 15.9 Å². The third-order valence-electron chi connectivity index (χ3n) is 4.13. The molecule has 158 valence electrons. The van der Waals surface area contributed by atoms with E-state index in [9.17, 15) is 17.6 Å². The first-order chi connectivity index (χ1) is 13.6. The summed E-state index contributed by atoms with van der Waals surface area (Å²) in [5.41, 5.74) is 0.646. The zero-order valence-electron chi connectivity index (χ0n) is 16.6. The number of benzene rings is 2. The van der Waals surface area contributed by atoms with Crippen LogP contribution in [0.15, 0.2) is 42.5 Å². The molecule has 0 radical (unpaired) electrons. The third kappa shape index (κ3) is 6.99. The van der Waals surface area contributed by atoms with Gasteiger partial charge in [-0.05, 0) is 57.4 Å². The lowest BCUT2D eigenvalue weighted by Crippen LogP contribution is -2.36. The number of nitrogens with zero attached hydrogens (tertiary/aromatic N) is 2. The van der Waals surface area contributed by atoms with Gasteiger partial charge in [0.2, 0.25) is 0 Å². The Morgan fingerprint density at radius 3 is 2.48 bits per heavy atom. The first-order valence-electron chi connectivity index (χ1n) is 9.01. The van der Waals surface area contributed by atoms with Crippen molar-refractivity contribution < 1.29 is 21.8 Å². The predicted molar refractivity (Wildman–Crippen MR) is 111 cm³/mol. The summed E-state index contributed by atoms with van der Waals surface area (Å²) in [5, 5.41) is 0.381. The summed E-state index contributed by atoms with van der Waals surface area (Å²) < 4.78 is 42.6. The maximum atomic E-state index is 13.6. The van der Waals surface area contributed by atoms with Crippen molar-refractivity contribution in [2.45, 2.75) is 13.5 Å². The highest BCUT2D eigenvalue weighted by Crippen LogP contribution is 2.26. The second kappa shape index (κ2) is 10.0. The van der Waals surface area contributed by atoms with Crippen molar-refractivity contribution in [3.05, 3.63) is 64.4 Å². The maximum absolute atomic E-state index is 13.6. The minimum Gasteiger partial charge on any atom is -0.382 e. The zero-order chi connectivity index (χ0) is 21.6. The Labute approximate surface area is 176 Å². The number of halogens is 2. The summed E-state index contributed by atoms with van der Waals surface area (Å²) in [7, 11) is -0.0165. The van der Waals surface area contributed by atoms with E-state index >= 15 is 0 Å². The van der Waals surface area contributed by atoms with Crippen molar-refractivity contribution in [3.8, 4) is 5.75 Å². The number of hydrogen-bond donors (Lipinski definition) is 0. The van der Waals surface area contributed by atoms with Crippen molar-refractivity contribution >= 4 is 27.6 Å². The first kappa shape index (κ1) is 23.1. The molecule has 9 heteroatoms. The fourth-order valence-corrected chi connectivity index (χ4v) is 3.28. The maximum Gasteiger partial charge on any atom is 0.308 e. The summed E-state index contributed by atoms with van der Waals surface area (Å²) in [6, 6.07) is 9.97. The van der Waals surface area contributed by atoms with E-state index in [0.29, 0.717) is 23.7 Å². The van der Waals surface area contributed by atoms with Crippen LogP contribution in [0, 0.1) is 5.82 Å². The van der Waals surface area contributed by atoms with Gasteiger partial charge < -0.3 is 14.0 Å². The molecule has 0 saturated heterocycles. The fourth-order valence-electron chi connectivity index (χ4n) is 2.53. The molecule has 0 atom stereocenters. The molecule has 0 saturated carbocycles. The average Bonchev–Trinajstić information content (AvgIpc) is 2.66. The van der Waals surface area contributed by atoms with E-state index in [1.807, 2.05) is 19.0 Å². The number of carbonyl (C=O) groups is 1. The van der Waals surface area contributed by atoms with E-state index in [2.05, 4.69) is 0 Å². The highest BCUT2D eigenvalue weighted by Gasteiger charge is 2.21. The standard InChI is InChI=1S/C20H24ClFN2O4S/c1-4-29(26,27)28-19-9-8-17(21)12-16(19)14-24(11-10-23(2)3)20(25)15-6-5-7-18(22)13-15/h5-9,12-13H,4,10-11,14H2,1-3H3. The predicted octanol–water partition coefficient (Wildman–Crippen LogP) is 3.41. The molecule has 0 aromatic heterocycles. The topological polar surface area (TPSA) is 66.9 Å². The fraction of sp³-hybridized carbons (Fsp3) is 0.350. The normalized spacial score (nSPS) is 11.5. The van der Waals surface area contributed by atoms with Crippen LogP contribution in [0.5, 0.6) is 5.75 Å². The minimum atomic E-state index is -3.75. The molecule has 0 fully saturated rings. The van der Waals surface area contributed by atoms with Crippen molar-refractivity contribution in [2.24, 2.45) is 0 Å². The van der Waals surface area contributed by atoms with E-state index in [1.165, 1.54) is 48.2 Å². The molecule has 2 rings (SSSR count). The van der Waals surface area contributed by atoms with Gasteiger partial charge in [-0.3, -0.25) is 4.79 Å². The molecular weight excluding hydrogens is 419 g/mol. The molecule has 6 nitrogen and oxygen atoms in total. The SMILES string of the molecule is CCS(=O)(=O)Oc1ccc(Cl)cc1CN(CCN(C)C)C(=O)c1cccc(F)c1. The van der Waals surface area contributed by atoms with Crippen LogP contribution in [0.2, 0.25) is 5.02 Å². The molecule has 29 heavy (non-hydrogen) atoms. The summed E-state index contributed by atoms with van der Waals surface area (Å²) in [6.07, 6.45) is 0. The highest BCUT2D eigenvalue weighted by atomic mass is 35.5. The lowest BCUT2D eigenvalue weighted by molar-refractivity contribution is 0.0731. The largest absolute Gasteiger partial charge is 0.382 e. The van der Waals surface area contributed by atoms with Gasteiger partial charge in [-0.1, -0.05) is 17.7 Å². The van der Waals surface area contributed by atoms with Crippen LogP contribution < -0.4 is 4.18 Å². The quantitative estimate of drug-likeness (QED) is 0.557. The van der Waals surface area contributed by atoms with Gasteiger partial charge in [0.15, 0.2) is 0 Å². The molecule has 0 spiro atoms. The Morgan fingerprint density at radius 1 is 1.14 bits per heavy atom. The number of likely N-dealkylation sites (N-methyl/N-ethyl adjacent to an activating group) is 1. The van der Waals surface area contributed by atoms with Gasteiger partial charge in [-0.2, -0.15) is 8.42 Å². The lowest BCUT2D eigenvalue weighted by Gasteiger charge is -2.25. The second-order valence-corrected chi connectivity index (χ2v) is 9.02. The van der Waals surface area contributed by atoms with Crippen molar-refractivity contribution in [1.82, 2.24) is 9.80 Å². The Hall–Kier alpha value is -2.16. The van der Waals surface area contributed by atoms with E-state index in [0.717, 1.165) is 0 Å². The molecule has 0 aliphatic heterocycles. The van der Waals surface area contributed by atoms with Crippen LogP contribution >= 0.6 is 11.6 Å². The molecule has 0 aliphatic rings. The van der Waals surface area contributed by atoms with Crippen molar-refractivity contribution in [3.63, 3.8) is 0 Å². The molecular formula is C20H24ClFN2O4S. The summed E-state index contributed by atoms with van der Waals surface area (Å²) in [4.78, 5) is 16.4. The van der Waals surface area contributed by atoms with E-state index in [4.69, 9.17) is 15.8 Å². The average molecular weight is 443 g/mol. The van der Waals surface area contributed by atoms with Crippen LogP contribution in [-0.2, 0) is 16.7 Å². The molecule has 2 aromatic carbocycles. The Balaban J connectivity index is 2.38. The van der Waals surface area contributed by atoms with Gasteiger partial charge in [-0.25, -0.2) is 4.39 Å². The van der Waals surface area contributed by atoms with Crippen LogP contribution in [-0.4, -0.2) is 57.1 Å². The minimum absolute atomic E-state index is 0.0539. The van der Waals surface area contributed by atoms with E-state index in [-0.39, 0.29) is 29.5 Å². The summed E-state index contributed by atoms with van der Waals surface area (Å²) >= 11 is 6.08. The molecule has 2 aromatic rings. The van der Waals surface area contributed by atoms with Crippen molar-refractivity contribution in [2.75, 3.05) is 32.9 Å². The Kier molecular flexibility index (Phi) is 8.01. The van der Waals surface area contributed by atoms with Gasteiger partial charge >= 0.3 is 10.1 Å². The number of rotatable bonds is 9. The molecule has 1 amide bonds. The van der Waals surface area contributed by atoms with Crippen LogP contribution in [0.25, 0.3) is 0 Å². The van der Waals surface area contributed by atoms with E-state index in [1.54, 1.807) is 6.07 Å². The zero-order valence-corrected chi connectivity index (χ0v) is 18.1. The molecule has 0 heterocycles. The second-order valence-electron chi connectivity index (χ2n) is 6.72. The summed E-state index contributed by atoms with van der Waals surface area (Å²) in [6.45, 7) is 2.43. The van der Waals surface area contributed by atoms with Gasteiger partial charge in [0.1, 0.15) is 11.6 Å². The molecule has 0 aliphatic carbocycles. The van der Waals surface area contributed by atoms with Crippen LogP contribution in [0.4, 0.5) is 4.39 Å². The Bertz CT molecular complexity index is 967. The summed E-state index contributed by atoms with van der Waals surface area (Å²) in [5.74, 6) is -0.972. The van der Waals surface area contributed by atoms with Crippen LogP contribution in [0.3, 0.4) is 0 Å². The van der Waals surface area contributed by atoms with Crippen LogP contribution in [0.1, 0.15) is 22.8 Å². The molecule has 0 bridgehead atoms. The lowest BCUT2D eigenvalue weighted by atomic mass is 10.1. The monoisotopic (exact) mass is 442 g/mol. The first-order valence-corrected chi connectivity index (χ1v) is 11.0. The van der Waals surface area contributed by atoms with Gasteiger partial charge in [0.25, 0.3) is 5.91 Å². The number of carbonyl (C=O) groups excluding carboxylic acids is 1.